The van der Waals surface area contributed by atoms with Gasteiger partial charge in [-0.1, -0.05) is 66.2 Å². The number of fused-ring (bicyclic) bond motifs is 1. The number of anilines is 1. The fourth-order valence-electron chi connectivity index (χ4n) is 3.88. The Labute approximate surface area is 197 Å². The van der Waals surface area contributed by atoms with E-state index in [4.69, 9.17) is 16.3 Å². The molecule has 0 radical (unpaired) electrons. The zero-order chi connectivity index (χ0) is 23.2. The third kappa shape index (κ3) is 5.72. The number of nitrogens with zero attached hydrogens (tertiary/aromatic N) is 1. The van der Waals surface area contributed by atoms with Crippen LogP contribution < -0.4 is 15.0 Å². The highest BCUT2D eigenvalue weighted by Crippen LogP contribution is 2.32. The first-order chi connectivity index (χ1) is 16.0. The van der Waals surface area contributed by atoms with Gasteiger partial charge in [0.25, 0.3) is 0 Å². The van der Waals surface area contributed by atoms with Crippen LogP contribution >= 0.6 is 11.6 Å². The normalized spacial score (nSPS) is 16.5. The van der Waals surface area contributed by atoms with E-state index in [9.17, 15) is 14.7 Å². The molecule has 0 bridgehead atoms. The smallest absolute Gasteiger partial charge is 0.320 e. The predicted octanol–water partition coefficient (Wildman–Crippen LogP) is 4.31. The summed E-state index contributed by atoms with van der Waals surface area (Å²) >= 11 is 6.01. The molecule has 0 aromatic heterocycles. The van der Waals surface area contributed by atoms with Gasteiger partial charge >= 0.3 is 5.97 Å². The second-order valence-corrected chi connectivity index (χ2v) is 8.40. The number of aryl methyl sites for hydroxylation is 1. The first-order valence-electron chi connectivity index (χ1n) is 10.8. The molecule has 1 aliphatic rings. The first kappa shape index (κ1) is 22.8. The molecule has 0 spiro atoms. The number of rotatable bonds is 8. The highest BCUT2D eigenvalue weighted by Gasteiger charge is 2.34. The summed E-state index contributed by atoms with van der Waals surface area (Å²) in [7, 11) is 0. The molecule has 0 saturated heterocycles. The number of aliphatic carboxylic acids is 1. The molecule has 3 aromatic rings. The Morgan fingerprint density at radius 2 is 1.73 bits per heavy atom. The molecule has 1 aliphatic heterocycles. The monoisotopic (exact) mass is 464 g/mol. The largest absolute Gasteiger partial charge is 0.489 e. The second-order valence-electron chi connectivity index (χ2n) is 7.96. The van der Waals surface area contributed by atoms with Crippen molar-refractivity contribution in [3.05, 3.63) is 95.0 Å². The topological polar surface area (TPSA) is 78.9 Å². The van der Waals surface area contributed by atoms with Crippen LogP contribution in [0.3, 0.4) is 0 Å². The van der Waals surface area contributed by atoms with Crippen LogP contribution in [0.4, 0.5) is 5.69 Å². The fourth-order valence-corrected chi connectivity index (χ4v) is 4.01. The number of carboxylic acid groups (broad SMARTS) is 1. The zero-order valence-electron chi connectivity index (χ0n) is 18.0. The summed E-state index contributed by atoms with van der Waals surface area (Å²) in [6.45, 7) is 0.360. The number of benzene rings is 3. The number of para-hydroxylation sites is 2. The van der Waals surface area contributed by atoms with Crippen molar-refractivity contribution in [1.82, 2.24) is 5.32 Å². The minimum Gasteiger partial charge on any atom is -0.489 e. The molecule has 0 aliphatic carbocycles. The minimum absolute atomic E-state index is 0.0437. The van der Waals surface area contributed by atoms with Crippen molar-refractivity contribution in [2.45, 2.75) is 31.5 Å². The first-order valence-corrected chi connectivity index (χ1v) is 11.2. The molecule has 1 unspecified atom stereocenters. The third-order valence-electron chi connectivity index (χ3n) is 5.64. The van der Waals surface area contributed by atoms with Crippen molar-refractivity contribution >= 4 is 29.2 Å². The summed E-state index contributed by atoms with van der Waals surface area (Å²) < 4.78 is 5.92. The number of amides is 1. The average Bonchev–Trinajstić information content (AvgIpc) is 2.95. The molecule has 33 heavy (non-hydrogen) atoms. The van der Waals surface area contributed by atoms with Crippen LogP contribution in [0.2, 0.25) is 5.02 Å². The van der Waals surface area contributed by atoms with E-state index in [2.05, 4.69) is 5.32 Å². The van der Waals surface area contributed by atoms with E-state index >= 15 is 0 Å². The summed E-state index contributed by atoms with van der Waals surface area (Å²) in [5.41, 5.74) is 2.60. The molecule has 170 valence electrons. The van der Waals surface area contributed by atoms with Crippen LogP contribution in [0.5, 0.6) is 5.75 Å². The maximum atomic E-state index is 13.6. The maximum Gasteiger partial charge on any atom is 0.320 e. The zero-order valence-corrected chi connectivity index (χ0v) is 18.7. The van der Waals surface area contributed by atoms with Crippen LogP contribution in [-0.2, 0) is 22.6 Å². The number of hydrogen-bond acceptors (Lipinski definition) is 4. The van der Waals surface area contributed by atoms with Crippen molar-refractivity contribution in [2.75, 3.05) is 11.5 Å². The molecule has 3 aromatic carbocycles. The molecule has 0 fully saturated rings. The number of hydrogen-bond donors (Lipinski definition) is 2. The Morgan fingerprint density at radius 3 is 2.45 bits per heavy atom. The van der Waals surface area contributed by atoms with Crippen molar-refractivity contribution in [2.24, 2.45) is 0 Å². The van der Waals surface area contributed by atoms with E-state index in [1.807, 2.05) is 66.7 Å². The van der Waals surface area contributed by atoms with E-state index in [0.29, 0.717) is 35.8 Å². The second kappa shape index (κ2) is 10.5. The lowest BCUT2D eigenvalue weighted by Gasteiger charge is -2.26. The van der Waals surface area contributed by atoms with E-state index in [1.165, 1.54) is 0 Å². The molecule has 0 saturated carbocycles. The van der Waals surface area contributed by atoms with Gasteiger partial charge in [0, 0.05) is 5.02 Å². The van der Waals surface area contributed by atoms with Gasteiger partial charge in [0.15, 0.2) is 0 Å². The van der Waals surface area contributed by atoms with Crippen LogP contribution in [0.15, 0.2) is 78.9 Å². The molecule has 4 rings (SSSR count). The molecule has 1 heterocycles. The Bertz CT molecular complexity index is 1100. The molecular formula is C26H25ClN2O4. The van der Waals surface area contributed by atoms with Crippen molar-refractivity contribution in [1.29, 1.82) is 0 Å². The minimum atomic E-state index is -0.996. The quantitative estimate of drug-likeness (QED) is 0.519. The number of halogens is 1. The summed E-state index contributed by atoms with van der Waals surface area (Å²) in [4.78, 5) is 27.2. The van der Waals surface area contributed by atoms with Gasteiger partial charge in [-0.3, -0.25) is 14.9 Å². The summed E-state index contributed by atoms with van der Waals surface area (Å²) in [6.07, 6.45) is 0.939. The van der Waals surface area contributed by atoms with Gasteiger partial charge in [0.2, 0.25) is 5.91 Å². The van der Waals surface area contributed by atoms with Crippen molar-refractivity contribution < 1.29 is 19.4 Å². The molecular weight excluding hydrogens is 440 g/mol. The van der Waals surface area contributed by atoms with Gasteiger partial charge in [0.05, 0.1) is 12.2 Å². The third-order valence-corrected chi connectivity index (χ3v) is 5.90. The van der Waals surface area contributed by atoms with Crippen LogP contribution in [0, 0.1) is 0 Å². The van der Waals surface area contributed by atoms with E-state index in [1.54, 1.807) is 17.0 Å². The number of carbonyl (C=O) groups excluding carboxylic acids is 1. The number of ether oxygens (including phenoxy) is 1. The fraction of sp³-hybridized carbons (Fsp3) is 0.231. The number of nitrogens with one attached hydrogen (secondary N) is 1. The Hall–Kier alpha value is -3.35. The number of carbonyl (C=O) groups is 2. The van der Waals surface area contributed by atoms with Crippen molar-refractivity contribution in [3.63, 3.8) is 0 Å². The molecule has 2 atom stereocenters. The maximum absolute atomic E-state index is 13.6. The van der Waals surface area contributed by atoms with Crippen molar-refractivity contribution in [3.8, 4) is 5.75 Å². The lowest BCUT2D eigenvalue weighted by atomic mass is 10.0. The van der Waals surface area contributed by atoms with E-state index in [0.717, 1.165) is 11.1 Å². The van der Waals surface area contributed by atoms with Gasteiger partial charge in [-0.25, -0.2) is 0 Å². The molecule has 7 heteroatoms. The Kier molecular flexibility index (Phi) is 7.27. The van der Waals surface area contributed by atoms with E-state index < -0.39 is 18.1 Å². The average molecular weight is 465 g/mol. The molecule has 2 N–H and O–H groups in total. The highest BCUT2D eigenvalue weighted by molar-refractivity contribution is 6.30. The standard InChI is InChI=1S/C26H25ClN2O4/c27-20-13-10-19(11-14-20)16-29-23-8-4-5-9-24(23)33-17-22(25(29)30)28-21(26(31)32)15-12-18-6-2-1-3-7-18/h1-11,13-14,21-22,28H,12,15-17H2,(H,31,32)/t21-,22?/m0/s1. The SMILES string of the molecule is O=C(O)[C@H](CCc1ccccc1)NC1COc2ccccc2N(Cc2ccc(Cl)cc2)C1=O. The summed E-state index contributed by atoms with van der Waals surface area (Å²) in [5.74, 6) is -0.647. The molecule has 6 nitrogen and oxygen atoms in total. The van der Waals surface area contributed by atoms with E-state index in [-0.39, 0.29) is 12.5 Å². The van der Waals surface area contributed by atoms with Gasteiger partial charge < -0.3 is 14.7 Å². The molecule has 1 amide bonds. The summed E-state index contributed by atoms with van der Waals surface area (Å²) in [5, 5.41) is 13.5. The Balaban J connectivity index is 1.54. The van der Waals surface area contributed by atoms with Gasteiger partial charge in [-0.15, -0.1) is 0 Å². The van der Waals surface area contributed by atoms with Gasteiger partial charge in [0.1, 0.15) is 24.4 Å². The summed E-state index contributed by atoms with van der Waals surface area (Å²) in [6, 6.07) is 22.6. The van der Waals surface area contributed by atoms with Gasteiger partial charge in [-0.2, -0.15) is 0 Å². The Morgan fingerprint density at radius 1 is 1.03 bits per heavy atom. The predicted molar refractivity (Wildman–Crippen MR) is 128 cm³/mol. The van der Waals surface area contributed by atoms with Crippen LogP contribution in [-0.4, -0.2) is 35.7 Å². The van der Waals surface area contributed by atoms with Gasteiger partial charge in [-0.05, 0) is 48.2 Å². The lowest BCUT2D eigenvalue weighted by molar-refractivity contribution is -0.140. The highest BCUT2D eigenvalue weighted by atomic mass is 35.5. The number of carboxylic acids is 1. The van der Waals surface area contributed by atoms with Crippen LogP contribution in [0.25, 0.3) is 0 Å². The van der Waals surface area contributed by atoms with Crippen LogP contribution in [0.1, 0.15) is 17.5 Å². The lowest BCUT2D eigenvalue weighted by Crippen LogP contribution is -2.53.